The van der Waals surface area contributed by atoms with Crippen molar-refractivity contribution in [3.63, 3.8) is 0 Å². The quantitative estimate of drug-likeness (QED) is 0.154. The molecule has 36 heavy (non-hydrogen) atoms. The standard InChI is InChI=1S/C26H41N5O4S/c1-17(2)36-26(4,5)18(3)15-23(33)31-21(24(34)35)16-19-8-10-20(11-9-19)30-22(32)7-6-12-27-25-28-13-14-29-25/h8,10,17-18,21-22,30,32H,6-7,12-16H2,1-5H3,(H,31,33)(H,34,35)(H2,27,28,29)/t18?,21-,22?/m0/s1. The predicted octanol–water partition coefficient (Wildman–Crippen LogP) is 2.40. The summed E-state index contributed by atoms with van der Waals surface area (Å²) in [6.07, 6.45) is 0.902. The van der Waals surface area contributed by atoms with Gasteiger partial charge in [-0.05, 0) is 42.2 Å². The van der Waals surface area contributed by atoms with E-state index in [2.05, 4.69) is 66.1 Å². The molecule has 6 N–H and O–H groups in total. The number of aliphatic hydroxyl groups excluding tert-OH is 1. The zero-order valence-electron chi connectivity index (χ0n) is 22.0. The molecule has 3 atom stereocenters. The van der Waals surface area contributed by atoms with E-state index in [1.54, 1.807) is 12.1 Å². The first-order valence-electron chi connectivity index (χ1n) is 12.6. The van der Waals surface area contributed by atoms with E-state index >= 15 is 0 Å². The maximum atomic E-state index is 12.6. The second-order valence-electron chi connectivity index (χ2n) is 9.95. The van der Waals surface area contributed by atoms with Gasteiger partial charge in [0.2, 0.25) is 5.91 Å². The van der Waals surface area contributed by atoms with Crippen molar-refractivity contribution >= 4 is 35.3 Å². The van der Waals surface area contributed by atoms with Crippen LogP contribution in [0, 0.1) is 18.1 Å². The average molecular weight is 520 g/mol. The van der Waals surface area contributed by atoms with Crippen LogP contribution in [0.25, 0.3) is 0 Å². The van der Waals surface area contributed by atoms with Crippen LogP contribution in [-0.4, -0.2) is 70.0 Å². The molecule has 0 aliphatic carbocycles. The molecule has 9 nitrogen and oxygen atoms in total. The number of thioether (sulfide) groups is 1. The van der Waals surface area contributed by atoms with Gasteiger partial charge in [0, 0.05) is 36.2 Å². The van der Waals surface area contributed by atoms with Crippen LogP contribution in [0.4, 0.5) is 5.69 Å². The number of carboxylic acid groups (broad SMARTS) is 1. The topological polar surface area (TPSA) is 135 Å². The first-order chi connectivity index (χ1) is 17.0. The Hall–Kier alpha value is -2.64. The number of aliphatic carboxylic acids is 1. The maximum Gasteiger partial charge on any atom is 0.326 e. The number of rotatable bonds is 15. The van der Waals surface area contributed by atoms with Gasteiger partial charge in [0.1, 0.15) is 12.3 Å². The van der Waals surface area contributed by atoms with Gasteiger partial charge < -0.3 is 31.5 Å². The number of amides is 1. The molecule has 1 amide bonds. The van der Waals surface area contributed by atoms with Crippen molar-refractivity contribution < 1.29 is 19.8 Å². The highest BCUT2D eigenvalue weighted by molar-refractivity contribution is 8.01. The van der Waals surface area contributed by atoms with Gasteiger partial charge >= 0.3 is 5.97 Å². The van der Waals surface area contributed by atoms with E-state index < -0.39 is 18.2 Å². The molecule has 200 valence electrons. The van der Waals surface area contributed by atoms with Crippen LogP contribution in [0.5, 0.6) is 0 Å². The lowest BCUT2D eigenvalue weighted by Crippen LogP contribution is -2.44. The summed E-state index contributed by atoms with van der Waals surface area (Å²) >= 11 is 1.81. The van der Waals surface area contributed by atoms with Crippen LogP contribution in [-0.2, 0) is 16.0 Å². The van der Waals surface area contributed by atoms with Crippen LogP contribution in [0.15, 0.2) is 17.1 Å². The number of carbonyl (C=O) groups excluding carboxylic acids is 1. The van der Waals surface area contributed by atoms with Gasteiger partial charge in [0.05, 0.1) is 12.2 Å². The van der Waals surface area contributed by atoms with Gasteiger partial charge in [0.25, 0.3) is 0 Å². The fourth-order valence-corrected chi connectivity index (χ4v) is 5.34. The van der Waals surface area contributed by atoms with Crippen LogP contribution in [0.2, 0.25) is 0 Å². The third kappa shape index (κ3) is 10.5. The molecule has 1 aromatic rings. The summed E-state index contributed by atoms with van der Waals surface area (Å²) in [7, 11) is 0. The minimum atomic E-state index is -1.09. The first kappa shape index (κ1) is 29.6. The highest BCUT2D eigenvalue weighted by atomic mass is 32.2. The Bertz CT molecular complexity index is 876. The number of aliphatic hydroxyl groups is 1. The van der Waals surface area contributed by atoms with Crippen molar-refractivity contribution in [1.29, 1.82) is 0 Å². The summed E-state index contributed by atoms with van der Waals surface area (Å²) < 4.78 is -0.0984. The van der Waals surface area contributed by atoms with E-state index in [1.807, 2.05) is 18.7 Å². The van der Waals surface area contributed by atoms with Crippen molar-refractivity contribution in [2.75, 3.05) is 25.0 Å². The lowest BCUT2D eigenvalue weighted by molar-refractivity contribution is -0.141. The first-order valence-corrected chi connectivity index (χ1v) is 13.4. The molecule has 10 heteroatoms. The van der Waals surface area contributed by atoms with Gasteiger partial charge in [0.15, 0.2) is 5.96 Å². The number of nitrogens with zero attached hydrogens (tertiary/aromatic N) is 1. The zero-order chi connectivity index (χ0) is 26.7. The van der Waals surface area contributed by atoms with Crippen molar-refractivity contribution in [3.8, 4) is 0 Å². The Labute approximate surface area is 219 Å². The van der Waals surface area contributed by atoms with Crippen molar-refractivity contribution in [2.24, 2.45) is 10.9 Å². The third-order valence-corrected chi connectivity index (χ3v) is 7.51. The van der Waals surface area contributed by atoms with Crippen LogP contribution < -0.4 is 21.3 Å². The van der Waals surface area contributed by atoms with Crippen LogP contribution in [0.1, 0.15) is 59.4 Å². The summed E-state index contributed by atoms with van der Waals surface area (Å²) in [5.41, 5.74) is 1.18. The molecule has 2 unspecified atom stereocenters. The fraction of sp³-hybridized carbons (Fsp3) is 0.654. The molecule has 1 heterocycles. The molecule has 0 spiro atoms. The van der Waals surface area contributed by atoms with E-state index in [1.165, 1.54) is 0 Å². The number of hydrogen-bond donors (Lipinski definition) is 6. The molecule has 1 aliphatic heterocycles. The van der Waals surface area contributed by atoms with Crippen LogP contribution >= 0.6 is 11.8 Å². The van der Waals surface area contributed by atoms with Crippen molar-refractivity contribution in [1.82, 2.24) is 16.0 Å². The summed E-state index contributed by atoms with van der Waals surface area (Å²) in [5, 5.41) is 32.2. The minimum absolute atomic E-state index is 0.0833. The number of anilines is 1. The normalized spacial score (nSPS) is 15.8. The molecule has 2 rings (SSSR count). The fourth-order valence-electron chi connectivity index (χ4n) is 3.81. The monoisotopic (exact) mass is 519 g/mol. The second kappa shape index (κ2) is 14.2. The Morgan fingerprint density at radius 3 is 2.58 bits per heavy atom. The third-order valence-electron chi connectivity index (χ3n) is 6.03. The zero-order valence-corrected chi connectivity index (χ0v) is 22.8. The molecule has 0 aromatic heterocycles. The molecular formula is C26H41N5O4S. The number of carboxylic acids is 1. The summed E-state index contributed by atoms with van der Waals surface area (Å²) in [5.74, 6) is -0.483. The van der Waals surface area contributed by atoms with E-state index in [0.717, 1.165) is 25.5 Å². The Balaban J connectivity index is 1.80. The molecule has 1 aliphatic rings. The largest absolute Gasteiger partial charge is 0.480 e. The maximum absolute atomic E-state index is 12.6. The number of guanidine groups is 1. The van der Waals surface area contributed by atoms with E-state index in [9.17, 15) is 19.8 Å². The van der Waals surface area contributed by atoms with Crippen molar-refractivity contribution in [3.05, 3.63) is 29.8 Å². The SMILES string of the molecule is CC(C)SC(C)(C)C(C)CC(=O)N[C@@H](Cc1c#cc(NC(O)CCCNC2=NCCN2)cc1)C(=O)O. The van der Waals surface area contributed by atoms with E-state index in [0.29, 0.717) is 29.5 Å². The van der Waals surface area contributed by atoms with Crippen LogP contribution in [0.3, 0.4) is 0 Å². The molecular weight excluding hydrogens is 478 g/mol. The lowest BCUT2D eigenvalue weighted by Gasteiger charge is -2.32. The predicted molar refractivity (Wildman–Crippen MR) is 145 cm³/mol. The summed E-state index contributed by atoms with van der Waals surface area (Å²) in [4.78, 5) is 28.6. The molecule has 0 saturated heterocycles. The molecule has 0 bridgehead atoms. The van der Waals surface area contributed by atoms with Crippen molar-refractivity contribution in [2.45, 2.75) is 82.6 Å². The summed E-state index contributed by atoms with van der Waals surface area (Å²) in [6.45, 7) is 12.8. The molecule has 1 aromatic carbocycles. The second-order valence-corrected chi connectivity index (χ2v) is 12.2. The Kier molecular flexibility index (Phi) is 11.7. The average Bonchev–Trinajstić information content (AvgIpc) is 3.30. The van der Waals surface area contributed by atoms with Gasteiger partial charge in [-0.2, -0.15) is 11.8 Å². The molecule has 0 fully saturated rings. The van der Waals surface area contributed by atoms with Gasteiger partial charge in [-0.3, -0.25) is 9.79 Å². The number of carbonyl (C=O) groups is 2. The molecule has 0 radical (unpaired) electrons. The van der Waals surface area contributed by atoms with Gasteiger partial charge in [-0.15, -0.1) is 0 Å². The van der Waals surface area contributed by atoms with E-state index in [4.69, 9.17) is 0 Å². The van der Waals surface area contributed by atoms with E-state index in [-0.39, 0.29) is 29.4 Å². The number of aliphatic imine (C=N–C) groups is 1. The molecule has 0 saturated carbocycles. The number of hydrogen-bond acceptors (Lipinski definition) is 8. The number of nitrogens with one attached hydrogen (secondary N) is 4. The minimum Gasteiger partial charge on any atom is -0.480 e. The smallest absolute Gasteiger partial charge is 0.326 e. The Morgan fingerprint density at radius 2 is 2.00 bits per heavy atom. The Morgan fingerprint density at radius 1 is 1.25 bits per heavy atom. The van der Waals surface area contributed by atoms with Gasteiger partial charge in [-0.25, -0.2) is 4.79 Å². The summed E-state index contributed by atoms with van der Waals surface area (Å²) in [6, 6.07) is 8.26. The lowest BCUT2D eigenvalue weighted by atomic mass is 9.93. The highest BCUT2D eigenvalue weighted by Gasteiger charge is 2.30. The van der Waals surface area contributed by atoms with Gasteiger partial charge in [-0.1, -0.05) is 40.7 Å². The highest BCUT2D eigenvalue weighted by Crippen LogP contribution is 2.36.